The minimum atomic E-state index is 0.0322. The SMILES string of the molecule is Cc1cnn(C[C@H]2CCCCN2C(=O)c2c(C)noc2C)c1. The number of carbonyl (C=O) groups is 1. The highest BCUT2D eigenvalue weighted by Crippen LogP contribution is 2.23. The van der Waals surface area contributed by atoms with Crippen molar-refractivity contribution in [1.82, 2.24) is 19.8 Å². The summed E-state index contributed by atoms with van der Waals surface area (Å²) in [4.78, 5) is 14.9. The minimum absolute atomic E-state index is 0.0322. The zero-order valence-electron chi connectivity index (χ0n) is 13.4. The molecule has 3 heterocycles. The first-order chi connectivity index (χ1) is 10.6. The molecular weight excluding hydrogens is 280 g/mol. The lowest BCUT2D eigenvalue weighted by Gasteiger charge is -2.35. The van der Waals surface area contributed by atoms with Crippen LogP contribution >= 0.6 is 0 Å². The first-order valence-corrected chi connectivity index (χ1v) is 7.79. The predicted molar refractivity (Wildman–Crippen MR) is 81.6 cm³/mol. The molecule has 3 rings (SSSR count). The molecule has 0 aromatic carbocycles. The summed E-state index contributed by atoms with van der Waals surface area (Å²) in [7, 11) is 0. The number of amides is 1. The highest BCUT2D eigenvalue weighted by atomic mass is 16.5. The fourth-order valence-electron chi connectivity index (χ4n) is 3.17. The van der Waals surface area contributed by atoms with Crippen molar-refractivity contribution in [2.75, 3.05) is 6.54 Å². The summed E-state index contributed by atoms with van der Waals surface area (Å²) in [6.07, 6.45) is 7.07. The average Bonchev–Trinajstić information content (AvgIpc) is 3.05. The number of aromatic nitrogens is 3. The van der Waals surface area contributed by atoms with Crippen LogP contribution in [0.2, 0.25) is 0 Å². The van der Waals surface area contributed by atoms with Gasteiger partial charge in [0, 0.05) is 12.7 Å². The Morgan fingerprint density at radius 3 is 2.82 bits per heavy atom. The fourth-order valence-corrected chi connectivity index (χ4v) is 3.17. The van der Waals surface area contributed by atoms with Gasteiger partial charge in [-0.25, -0.2) is 0 Å². The quantitative estimate of drug-likeness (QED) is 0.874. The van der Waals surface area contributed by atoms with Crippen LogP contribution in [0.15, 0.2) is 16.9 Å². The van der Waals surface area contributed by atoms with E-state index in [1.165, 1.54) is 0 Å². The highest BCUT2D eigenvalue weighted by Gasteiger charge is 2.31. The molecule has 1 atom stereocenters. The molecule has 0 unspecified atom stereocenters. The second-order valence-corrected chi connectivity index (χ2v) is 6.09. The summed E-state index contributed by atoms with van der Waals surface area (Å²) in [5.41, 5.74) is 2.42. The lowest BCUT2D eigenvalue weighted by molar-refractivity contribution is 0.0581. The van der Waals surface area contributed by atoms with E-state index in [2.05, 4.69) is 10.3 Å². The lowest BCUT2D eigenvalue weighted by Crippen LogP contribution is -2.46. The van der Waals surface area contributed by atoms with Crippen LogP contribution in [0.5, 0.6) is 0 Å². The van der Waals surface area contributed by atoms with Gasteiger partial charge in [0.1, 0.15) is 11.3 Å². The molecule has 1 amide bonds. The van der Waals surface area contributed by atoms with Crippen molar-refractivity contribution >= 4 is 5.91 Å². The Labute approximate surface area is 130 Å². The topological polar surface area (TPSA) is 64.2 Å². The van der Waals surface area contributed by atoms with Gasteiger partial charge in [-0.3, -0.25) is 9.48 Å². The molecule has 2 aromatic rings. The summed E-state index contributed by atoms with van der Waals surface area (Å²) in [5.74, 6) is 0.631. The van der Waals surface area contributed by atoms with Gasteiger partial charge < -0.3 is 9.42 Å². The monoisotopic (exact) mass is 302 g/mol. The zero-order valence-corrected chi connectivity index (χ0v) is 13.4. The average molecular weight is 302 g/mol. The van der Waals surface area contributed by atoms with E-state index >= 15 is 0 Å². The van der Waals surface area contributed by atoms with Crippen LogP contribution in [0.3, 0.4) is 0 Å². The molecule has 0 radical (unpaired) electrons. The van der Waals surface area contributed by atoms with E-state index in [1.807, 2.05) is 35.8 Å². The molecular formula is C16H22N4O2. The molecule has 1 fully saturated rings. The number of hydrogen-bond acceptors (Lipinski definition) is 4. The van der Waals surface area contributed by atoms with E-state index in [0.717, 1.165) is 37.9 Å². The number of aryl methyl sites for hydroxylation is 3. The van der Waals surface area contributed by atoms with Gasteiger partial charge in [-0.05, 0) is 45.6 Å². The maximum absolute atomic E-state index is 12.9. The predicted octanol–water partition coefficient (Wildman–Crippen LogP) is 2.49. The van der Waals surface area contributed by atoms with Crippen molar-refractivity contribution in [2.45, 2.75) is 52.6 Å². The number of rotatable bonds is 3. The summed E-state index contributed by atoms with van der Waals surface area (Å²) >= 11 is 0. The molecule has 6 nitrogen and oxygen atoms in total. The van der Waals surface area contributed by atoms with Gasteiger partial charge in [-0.1, -0.05) is 5.16 Å². The highest BCUT2D eigenvalue weighted by molar-refractivity contribution is 5.96. The standard InChI is InChI=1S/C16H22N4O2/c1-11-8-17-19(9-11)10-14-6-4-5-7-20(14)16(21)15-12(2)18-22-13(15)3/h8-9,14H,4-7,10H2,1-3H3/t14-/m1/s1. The molecule has 6 heteroatoms. The maximum atomic E-state index is 12.9. The molecule has 0 spiro atoms. The van der Waals surface area contributed by atoms with Crippen molar-refractivity contribution in [2.24, 2.45) is 0 Å². The van der Waals surface area contributed by atoms with Crippen LogP contribution in [0.25, 0.3) is 0 Å². The number of carbonyl (C=O) groups excluding carboxylic acids is 1. The van der Waals surface area contributed by atoms with Gasteiger partial charge in [0.25, 0.3) is 5.91 Å². The van der Waals surface area contributed by atoms with Crippen LogP contribution in [0.1, 0.15) is 46.6 Å². The molecule has 0 aliphatic carbocycles. The largest absolute Gasteiger partial charge is 0.361 e. The number of hydrogen-bond donors (Lipinski definition) is 0. The molecule has 1 saturated heterocycles. The zero-order chi connectivity index (χ0) is 15.7. The Morgan fingerprint density at radius 1 is 1.36 bits per heavy atom. The van der Waals surface area contributed by atoms with Crippen LogP contribution in [0, 0.1) is 20.8 Å². The van der Waals surface area contributed by atoms with Crippen molar-refractivity contribution in [1.29, 1.82) is 0 Å². The van der Waals surface area contributed by atoms with Gasteiger partial charge in [0.15, 0.2) is 0 Å². The van der Waals surface area contributed by atoms with Crippen molar-refractivity contribution in [3.63, 3.8) is 0 Å². The Morgan fingerprint density at radius 2 is 2.18 bits per heavy atom. The summed E-state index contributed by atoms with van der Waals surface area (Å²) < 4.78 is 7.08. The number of nitrogens with zero attached hydrogens (tertiary/aromatic N) is 4. The van der Waals surface area contributed by atoms with E-state index in [0.29, 0.717) is 17.0 Å². The maximum Gasteiger partial charge on any atom is 0.259 e. The first kappa shape index (κ1) is 14.8. The van der Waals surface area contributed by atoms with Crippen LogP contribution in [0.4, 0.5) is 0 Å². The third kappa shape index (κ3) is 2.77. The summed E-state index contributed by atoms with van der Waals surface area (Å²) in [5, 5.41) is 8.25. The molecule has 0 saturated carbocycles. The molecule has 0 bridgehead atoms. The molecule has 0 N–H and O–H groups in total. The second-order valence-electron chi connectivity index (χ2n) is 6.09. The van der Waals surface area contributed by atoms with Crippen LogP contribution < -0.4 is 0 Å². The fraction of sp³-hybridized carbons (Fsp3) is 0.562. The molecule has 2 aromatic heterocycles. The molecule has 22 heavy (non-hydrogen) atoms. The first-order valence-electron chi connectivity index (χ1n) is 7.79. The second kappa shape index (κ2) is 5.94. The Kier molecular flexibility index (Phi) is 4.00. The molecule has 1 aliphatic rings. The smallest absolute Gasteiger partial charge is 0.259 e. The lowest BCUT2D eigenvalue weighted by atomic mass is 10.0. The van der Waals surface area contributed by atoms with Crippen LogP contribution in [-0.2, 0) is 6.54 Å². The van der Waals surface area contributed by atoms with Gasteiger partial charge in [-0.2, -0.15) is 5.10 Å². The van der Waals surface area contributed by atoms with Gasteiger partial charge in [0.05, 0.1) is 24.5 Å². The van der Waals surface area contributed by atoms with E-state index in [4.69, 9.17) is 4.52 Å². The summed E-state index contributed by atoms with van der Waals surface area (Å²) in [6, 6.07) is 0.175. The van der Waals surface area contributed by atoms with Gasteiger partial charge in [0.2, 0.25) is 0 Å². The third-order valence-corrected chi connectivity index (χ3v) is 4.30. The van der Waals surface area contributed by atoms with E-state index in [-0.39, 0.29) is 11.9 Å². The Hall–Kier alpha value is -2.11. The molecule has 1 aliphatic heterocycles. The van der Waals surface area contributed by atoms with E-state index in [1.54, 1.807) is 6.92 Å². The Balaban J connectivity index is 1.81. The van der Waals surface area contributed by atoms with E-state index < -0.39 is 0 Å². The normalized spacial score (nSPS) is 18.7. The van der Waals surface area contributed by atoms with E-state index in [9.17, 15) is 4.79 Å². The number of likely N-dealkylation sites (tertiary alicyclic amines) is 1. The number of piperidine rings is 1. The third-order valence-electron chi connectivity index (χ3n) is 4.30. The minimum Gasteiger partial charge on any atom is -0.361 e. The molecule has 118 valence electrons. The van der Waals surface area contributed by atoms with Crippen LogP contribution in [-0.4, -0.2) is 38.3 Å². The summed E-state index contributed by atoms with van der Waals surface area (Å²) in [6.45, 7) is 7.16. The van der Waals surface area contributed by atoms with Crippen molar-refractivity contribution in [3.8, 4) is 0 Å². The Bertz CT molecular complexity index is 654. The van der Waals surface area contributed by atoms with Gasteiger partial charge in [-0.15, -0.1) is 0 Å². The van der Waals surface area contributed by atoms with Crippen molar-refractivity contribution < 1.29 is 9.32 Å². The van der Waals surface area contributed by atoms with Crippen molar-refractivity contribution in [3.05, 3.63) is 35.0 Å². The van der Waals surface area contributed by atoms with Gasteiger partial charge >= 0.3 is 0 Å².